The van der Waals surface area contributed by atoms with Crippen LogP contribution in [0.25, 0.3) is 0 Å². The molecule has 1 fully saturated rings. The Morgan fingerprint density at radius 2 is 2.10 bits per heavy atom. The monoisotopic (exact) mass is 272 g/mol. The summed E-state index contributed by atoms with van der Waals surface area (Å²) in [6, 6.07) is 7.82. The number of nitrogens with zero attached hydrogens (tertiary/aromatic N) is 2. The molecule has 3 nitrogen and oxygen atoms in total. The van der Waals surface area contributed by atoms with Crippen LogP contribution in [-0.4, -0.2) is 30.6 Å². The van der Waals surface area contributed by atoms with Gasteiger partial charge in [0.15, 0.2) is 0 Å². The van der Waals surface area contributed by atoms with Gasteiger partial charge in [-0.2, -0.15) is 5.26 Å². The Kier molecular flexibility index (Phi) is 5.43. The van der Waals surface area contributed by atoms with E-state index in [-0.39, 0.29) is 0 Å². The molecule has 0 N–H and O–H groups in total. The predicted molar refractivity (Wildman–Crippen MR) is 80.9 cm³/mol. The van der Waals surface area contributed by atoms with Gasteiger partial charge < -0.3 is 9.64 Å². The van der Waals surface area contributed by atoms with E-state index in [2.05, 4.69) is 17.9 Å². The van der Waals surface area contributed by atoms with Crippen molar-refractivity contribution >= 4 is 0 Å². The average Bonchev–Trinajstić information content (AvgIpc) is 2.48. The van der Waals surface area contributed by atoms with Crippen molar-refractivity contribution in [2.75, 3.05) is 19.6 Å². The number of nitriles is 1. The van der Waals surface area contributed by atoms with Crippen molar-refractivity contribution in [3.05, 3.63) is 29.3 Å². The number of ether oxygens (including phenoxy) is 1. The molecule has 1 aliphatic heterocycles. The molecule has 0 aliphatic carbocycles. The highest BCUT2D eigenvalue weighted by Crippen LogP contribution is 2.23. The Morgan fingerprint density at radius 1 is 1.35 bits per heavy atom. The topological polar surface area (TPSA) is 36.3 Å². The lowest BCUT2D eigenvalue weighted by atomic mass is 10.1. The summed E-state index contributed by atoms with van der Waals surface area (Å²) in [4.78, 5) is 2.54. The Hall–Kier alpha value is -1.53. The second kappa shape index (κ2) is 7.31. The standard InChI is InChI=1S/C17H24N2O/c1-3-4-9-19-10-7-16(8-11-19)20-17-6-5-15(13-18)12-14(17)2/h5-6,12,16H,3-4,7-11H2,1-2H3. The normalized spacial score (nSPS) is 16.9. The van der Waals surface area contributed by atoms with Crippen LogP contribution in [0.15, 0.2) is 18.2 Å². The van der Waals surface area contributed by atoms with Gasteiger partial charge in [0.1, 0.15) is 11.9 Å². The Balaban J connectivity index is 1.85. The van der Waals surface area contributed by atoms with E-state index < -0.39 is 0 Å². The van der Waals surface area contributed by atoms with Crippen LogP contribution in [0.2, 0.25) is 0 Å². The Morgan fingerprint density at radius 3 is 2.70 bits per heavy atom. The summed E-state index contributed by atoms with van der Waals surface area (Å²) in [5.74, 6) is 0.927. The molecule has 0 bridgehead atoms. The number of hydrogen-bond acceptors (Lipinski definition) is 3. The SMILES string of the molecule is CCCCN1CCC(Oc2ccc(C#N)cc2C)CC1. The van der Waals surface area contributed by atoms with Gasteiger partial charge >= 0.3 is 0 Å². The quantitative estimate of drug-likeness (QED) is 0.823. The van der Waals surface area contributed by atoms with E-state index in [1.54, 1.807) is 0 Å². The van der Waals surface area contributed by atoms with Crippen molar-refractivity contribution in [3.8, 4) is 11.8 Å². The molecule has 1 heterocycles. The lowest BCUT2D eigenvalue weighted by Crippen LogP contribution is -2.38. The van der Waals surface area contributed by atoms with Crippen LogP contribution in [0.5, 0.6) is 5.75 Å². The smallest absolute Gasteiger partial charge is 0.122 e. The molecule has 20 heavy (non-hydrogen) atoms. The molecular weight excluding hydrogens is 248 g/mol. The number of piperidine rings is 1. The van der Waals surface area contributed by atoms with Gasteiger partial charge in [-0.15, -0.1) is 0 Å². The van der Waals surface area contributed by atoms with Crippen LogP contribution >= 0.6 is 0 Å². The van der Waals surface area contributed by atoms with Gasteiger partial charge in [0, 0.05) is 13.1 Å². The summed E-state index contributed by atoms with van der Waals surface area (Å²) in [5, 5.41) is 8.88. The highest BCUT2D eigenvalue weighted by atomic mass is 16.5. The first-order valence-electron chi connectivity index (χ1n) is 7.62. The zero-order valence-corrected chi connectivity index (χ0v) is 12.6. The number of unbranched alkanes of at least 4 members (excludes halogenated alkanes) is 1. The van der Waals surface area contributed by atoms with Crippen molar-refractivity contribution in [1.82, 2.24) is 4.90 Å². The Bertz CT molecular complexity index is 470. The number of benzene rings is 1. The largest absolute Gasteiger partial charge is 0.490 e. The Labute approximate surface area is 122 Å². The molecule has 0 atom stereocenters. The van der Waals surface area contributed by atoms with E-state index in [1.165, 1.54) is 19.4 Å². The minimum absolute atomic E-state index is 0.319. The second-order valence-electron chi connectivity index (χ2n) is 5.60. The van der Waals surface area contributed by atoms with E-state index in [4.69, 9.17) is 10.00 Å². The molecule has 0 amide bonds. The third-order valence-electron chi connectivity index (χ3n) is 3.96. The molecule has 108 valence electrons. The molecule has 2 rings (SSSR count). The first-order valence-corrected chi connectivity index (χ1v) is 7.62. The fraction of sp³-hybridized carbons (Fsp3) is 0.588. The van der Waals surface area contributed by atoms with Crippen molar-refractivity contribution < 1.29 is 4.74 Å². The van der Waals surface area contributed by atoms with E-state index in [9.17, 15) is 0 Å². The van der Waals surface area contributed by atoms with Crippen LogP contribution in [0.4, 0.5) is 0 Å². The van der Waals surface area contributed by atoms with Gasteiger partial charge in [0.25, 0.3) is 0 Å². The van der Waals surface area contributed by atoms with Gasteiger partial charge in [0.2, 0.25) is 0 Å². The fourth-order valence-electron chi connectivity index (χ4n) is 2.66. The molecule has 0 saturated carbocycles. The number of likely N-dealkylation sites (tertiary alicyclic amines) is 1. The van der Waals surface area contributed by atoms with Crippen LogP contribution in [0, 0.1) is 18.3 Å². The van der Waals surface area contributed by atoms with Gasteiger partial charge in [-0.1, -0.05) is 13.3 Å². The maximum absolute atomic E-state index is 8.88. The van der Waals surface area contributed by atoms with Crippen molar-refractivity contribution in [1.29, 1.82) is 5.26 Å². The average molecular weight is 272 g/mol. The number of hydrogen-bond donors (Lipinski definition) is 0. The maximum atomic E-state index is 8.88. The maximum Gasteiger partial charge on any atom is 0.122 e. The molecule has 3 heteroatoms. The highest BCUT2D eigenvalue weighted by Gasteiger charge is 2.20. The fourth-order valence-corrected chi connectivity index (χ4v) is 2.66. The summed E-state index contributed by atoms with van der Waals surface area (Å²) in [6.07, 6.45) is 5.08. The zero-order valence-electron chi connectivity index (χ0n) is 12.6. The highest BCUT2D eigenvalue weighted by molar-refractivity contribution is 5.41. The van der Waals surface area contributed by atoms with Crippen molar-refractivity contribution in [2.45, 2.75) is 45.6 Å². The lowest BCUT2D eigenvalue weighted by Gasteiger charge is -2.32. The molecule has 1 aliphatic rings. The molecule has 1 aromatic carbocycles. The van der Waals surface area contributed by atoms with E-state index in [0.717, 1.165) is 37.2 Å². The van der Waals surface area contributed by atoms with Gasteiger partial charge in [-0.05, 0) is 56.5 Å². The molecule has 0 aromatic heterocycles. The van der Waals surface area contributed by atoms with E-state index in [0.29, 0.717) is 11.7 Å². The third kappa shape index (κ3) is 3.98. The van der Waals surface area contributed by atoms with E-state index in [1.807, 2.05) is 25.1 Å². The molecule has 1 aromatic rings. The number of rotatable bonds is 5. The molecule has 0 unspecified atom stereocenters. The minimum Gasteiger partial charge on any atom is -0.490 e. The molecule has 0 radical (unpaired) electrons. The summed E-state index contributed by atoms with van der Waals surface area (Å²) < 4.78 is 6.10. The van der Waals surface area contributed by atoms with Gasteiger partial charge in [-0.25, -0.2) is 0 Å². The number of aryl methyl sites for hydroxylation is 1. The second-order valence-corrected chi connectivity index (χ2v) is 5.60. The van der Waals surface area contributed by atoms with Crippen LogP contribution in [-0.2, 0) is 0 Å². The molecule has 0 spiro atoms. The van der Waals surface area contributed by atoms with Crippen LogP contribution < -0.4 is 4.74 Å². The summed E-state index contributed by atoms with van der Waals surface area (Å²) >= 11 is 0. The minimum atomic E-state index is 0.319. The third-order valence-corrected chi connectivity index (χ3v) is 3.96. The van der Waals surface area contributed by atoms with Gasteiger partial charge in [0.05, 0.1) is 11.6 Å². The van der Waals surface area contributed by atoms with Crippen molar-refractivity contribution in [2.24, 2.45) is 0 Å². The summed E-state index contributed by atoms with van der Waals surface area (Å²) in [5.41, 5.74) is 1.75. The van der Waals surface area contributed by atoms with Gasteiger partial charge in [-0.3, -0.25) is 0 Å². The summed E-state index contributed by atoms with van der Waals surface area (Å²) in [7, 11) is 0. The van der Waals surface area contributed by atoms with Crippen molar-refractivity contribution in [3.63, 3.8) is 0 Å². The first-order chi connectivity index (χ1) is 9.72. The zero-order chi connectivity index (χ0) is 14.4. The molecule has 1 saturated heterocycles. The lowest BCUT2D eigenvalue weighted by molar-refractivity contribution is 0.0993. The van der Waals surface area contributed by atoms with Crippen LogP contribution in [0.1, 0.15) is 43.7 Å². The van der Waals surface area contributed by atoms with Crippen LogP contribution in [0.3, 0.4) is 0 Å². The summed E-state index contributed by atoms with van der Waals surface area (Å²) in [6.45, 7) is 7.75. The predicted octanol–water partition coefficient (Wildman–Crippen LogP) is 3.51. The first kappa shape index (κ1) is 14.9. The molecular formula is C17H24N2O. The van der Waals surface area contributed by atoms with E-state index >= 15 is 0 Å².